The fraction of sp³-hybridized carbons (Fsp3) is 0.238. The van der Waals surface area contributed by atoms with Crippen molar-refractivity contribution in [3.05, 3.63) is 70.3 Å². The summed E-state index contributed by atoms with van der Waals surface area (Å²) >= 11 is 0. The number of fused-ring (bicyclic) bond motifs is 1. The van der Waals surface area contributed by atoms with Crippen molar-refractivity contribution in [1.82, 2.24) is 9.55 Å². The van der Waals surface area contributed by atoms with Crippen LogP contribution in [-0.2, 0) is 27.5 Å². The number of carbonyl (C=O) groups is 2. The van der Waals surface area contributed by atoms with Gasteiger partial charge in [0.25, 0.3) is 11.5 Å². The SMILES string of the molecule is Cc1cccc2c(=O)n(CCC(=O)OCc3cccc(OCC(N)=O)c3)cnc12. The van der Waals surface area contributed by atoms with Crippen LogP contribution in [0.15, 0.2) is 53.6 Å². The summed E-state index contributed by atoms with van der Waals surface area (Å²) in [6.45, 7) is 1.90. The molecule has 8 nitrogen and oxygen atoms in total. The lowest BCUT2D eigenvalue weighted by molar-refractivity contribution is -0.145. The second-order valence-electron chi connectivity index (χ2n) is 6.53. The maximum atomic E-state index is 12.5. The van der Waals surface area contributed by atoms with Gasteiger partial charge < -0.3 is 15.2 Å². The number of nitrogens with two attached hydrogens (primary N) is 1. The van der Waals surface area contributed by atoms with Gasteiger partial charge in [-0.3, -0.25) is 19.0 Å². The molecular formula is C21H21N3O5. The molecule has 0 aliphatic carbocycles. The first-order valence-electron chi connectivity index (χ1n) is 9.04. The van der Waals surface area contributed by atoms with Gasteiger partial charge in [-0.25, -0.2) is 4.98 Å². The molecule has 2 aromatic carbocycles. The molecule has 0 radical (unpaired) electrons. The zero-order valence-electron chi connectivity index (χ0n) is 16.0. The third-order valence-electron chi connectivity index (χ3n) is 4.29. The summed E-state index contributed by atoms with van der Waals surface area (Å²) in [5, 5.41) is 0.522. The van der Waals surface area contributed by atoms with Crippen molar-refractivity contribution in [2.45, 2.75) is 26.5 Å². The van der Waals surface area contributed by atoms with E-state index < -0.39 is 11.9 Å². The Labute approximate surface area is 166 Å². The molecular weight excluding hydrogens is 374 g/mol. The number of rotatable bonds is 8. The predicted molar refractivity (Wildman–Crippen MR) is 106 cm³/mol. The topological polar surface area (TPSA) is 114 Å². The Bertz CT molecular complexity index is 1110. The van der Waals surface area contributed by atoms with E-state index in [0.29, 0.717) is 22.2 Å². The fourth-order valence-corrected chi connectivity index (χ4v) is 2.82. The number of hydrogen-bond acceptors (Lipinski definition) is 6. The maximum Gasteiger partial charge on any atom is 0.307 e. The minimum Gasteiger partial charge on any atom is -0.484 e. The summed E-state index contributed by atoms with van der Waals surface area (Å²) in [6.07, 6.45) is 1.49. The van der Waals surface area contributed by atoms with Gasteiger partial charge in [-0.2, -0.15) is 0 Å². The standard InChI is InChI=1S/C21H21N3O5/c1-14-4-2-7-17-20(14)23-13-24(21(17)27)9-8-19(26)29-11-15-5-3-6-16(10-15)28-12-18(22)25/h2-7,10,13H,8-9,11-12H2,1H3,(H2,22,25). The van der Waals surface area contributed by atoms with Crippen LogP contribution in [0.3, 0.4) is 0 Å². The lowest BCUT2D eigenvalue weighted by Gasteiger charge is -2.09. The van der Waals surface area contributed by atoms with E-state index >= 15 is 0 Å². The summed E-state index contributed by atoms with van der Waals surface area (Å²) < 4.78 is 11.9. The van der Waals surface area contributed by atoms with Gasteiger partial charge in [0, 0.05) is 6.54 Å². The van der Waals surface area contributed by atoms with E-state index in [0.717, 1.165) is 5.56 Å². The van der Waals surface area contributed by atoms with Crippen molar-refractivity contribution in [3.63, 3.8) is 0 Å². The molecule has 0 bridgehead atoms. The summed E-state index contributed by atoms with van der Waals surface area (Å²) in [6, 6.07) is 12.3. The van der Waals surface area contributed by atoms with Crippen LogP contribution in [0.5, 0.6) is 5.75 Å². The molecule has 0 unspecified atom stereocenters. The molecule has 29 heavy (non-hydrogen) atoms. The third kappa shape index (κ3) is 5.19. The number of benzene rings is 2. The van der Waals surface area contributed by atoms with Crippen LogP contribution in [0.2, 0.25) is 0 Å². The Hall–Kier alpha value is -3.68. The molecule has 8 heteroatoms. The summed E-state index contributed by atoms with van der Waals surface area (Å²) in [5.41, 5.74) is 7.15. The molecule has 3 aromatic rings. The van der Waals surface area contributed by atoms with Crippen molar-refractivity contribution >= 4 is 22.8 Å². The third-order valence-corrected chi connectivity index (χ3v) is 4.29. The van der Waals surface area contributed by atoms with Crippen LogP contribution in [0, 0.1) is 6.92 Å². The summed E-state index contributed by atoms with van der Waals surface area (Å²) in [4.78, 5) is 39.7. The van der Waals surface area contributed by atoms with Crippen molar-refractivity contribution in [2.24, 2.45) is 5.73 Å². The lowest BCUT2D eigenvalue weighted by atomic mass is 10.1. The smallest absolute Gasteiger partial charge is 0.307 e. The Kier molecular flexibility index (Phi) is 6.23. The molecule has 0 spiro atoms. The number of aryl methyl sites for hydroxylation is 2. The van der Waals surface area contributed by atoms with Crippen molar-refractivity contribution in [3.8, 4) is 5.75 Å². The number of para-hydroxylation sites is 1. The number of amides is 1. The molecule has 0 aliphatic heterocycles. The Balaban J connectivity index is 1.56. The minimum absolute atomic E-state index is 0.0385. The Morgan fingerprint density at radius 2 is 1.97 bits per heavy atom. The van der Waals surface area contributed by atoms with E-state index in [1.807, 2.05) is 13.0 Å². The van der Waals surface area contributed by atoms with E-state index in [1.165, 1.54) is 10.9 Å². The van der Waals surface area contributed by atoms with Crippen LogP contribution in [0.4, 0.5) is 0 Å². The van der Waals surface area contributed by atoms with Gasteiger partial charge in [-0.1, -0.05) is 24.3 Å². The van der Waals surface area contributed by atoms with Crippen LogP contribution in [0.1, 0.15) is 17.5 Å². The van der Waals surface area contributed by atoms with Gasteiger partial charge in [0.1, 0.15) is 12.4 Å². The van der Waals surface area contributed by atoms with Gasteiger partial charge in [0.2, 0.25) is 0 Å². The van der Waals surface area contributed by atoms with Crippen LogP contribution in [-0.4, -0.2) is 28.0 Å². The highest BCUT2D eigenvalue weighted by Crippen LogP contribution is 2.14. The first kappa shape index (κ1) is 20.1. The molecule has 150 valence electrons. The van der Waals surface area contributed by atoms with E-state index in [-0.39, 0.29) is 31.7 Å². The number of nitrogens with zero attached hydrogens (tertiary/aromatic N) is 2. The van der Waals surface area contributed by atoms with Crippen molar-refractivity contribution in [2.75, 3.05) is 6.61 Å². The largest absolute Gasteiger partial charge is 0.484 e. The Morgan fingerprint density at radius 1 is 1.17 bits per heavy atom. The summed E-state index contributed by atoms with van der Waals surface area (Å²) in [5.74, 6) is -0.554. The molecule has 0 aliphatic rings. The lowest BCUT2D eigenvalue weighted by Crippen LogP contribution is -2.22. The first-order chi connectivity index (χ1) is 13.9. The zero-order valence-corrected chi connectivity index (χ0v) is 16.0. The molecule has 3 rings (SSSR count). The van der Waals surface area contributed by atoms with E-state index in [9.17, 15) is 14.4 Å². The van der Waals surface area contributed by atoms with Crippen molar-refractivity contribution in [1.29, 1.82) is 0 Å². The molecule has 0 saturated carbocycles. The molecule has 1 heterocycles. The minimum atomic E-state index is -0.574. The number of primary amides is 1. The Morgan fingerprint density at radius 3 is 2.76 bits per heavy atom. The average Bonchev–Trinajstić information content (AvgIpc) is 2.71. The number of esters is 1. The molecule has 0 atom stereocenters. The highest BCUT2D eigenvalue weighted by atomic mass is 16.5. The van der Waals surface area contributed by atoms with E-state index in [4.69, 9.17) is 15.2 Å². The maximum absolute atomic E-state index is 12.5. The number of hydrogen-bond donors (Lipinski definition) is 1. The molecule has 0 fully saturated rings. The molecule has 1 amide bonds. The van der Waals surface area contributed by atoms with E-state index in [2.05, 4.69) is 4.98 Å². The molecule has 0 saturated heterocycles. The summed E-state index contributed by atoms with van der Waals surface area (Å²) in [7, 11) is 0. The average molecular weight is 395 g/mol. The number of carbonyl (C=O) groups excluding carboxylic acids is 2. The van der Waals surface area contributed by atoms with Gasteiger partial charge >= 0.3 is 5.97 Å². The zero-order chi connectivity index (χ0) is 20.8. The first-order valence-corrected chi connectivity index (χ1v) is 9.04. The van der Waals surface area contributed by atoms with E-state index in [1.54, 1.807) is 36.4 Å². The van der Waals surface area contributed by atoms with Crippen molar-refractivity contribution < 1.29 is 19.1 Å². The second kappa shape index (κ2) is 9.01. The van der Waals surface area contributed by atoms with Gasteiger partial charge in [-0.15, -0.1) is 0 Å². The van der Waals surface area contributed by atoms with Crippen LogP contribution >= 0.6 is 0 Å². The van der Waals surface area contributed by atoms with Gasteiger partial charge in [0.05, 0.1) is 23.7 Å². The normalized spacial score (nSPS) is 10.7. The highest BCUT2D eigenvalue weighted by molar-refractivity contribution is 5.80. The fourth-order valence-electron chi connectivity index (χ4n) is 2.82. The van der Waals surface area contributed by atoms with Crippen LogP contribution < -0.4 is 16.0 Å². The highest BCUT2D eigenvalue weighted by Gasteiger charge is 2.09. The second-order valence-corrected chi connectivity index (χ2v) is 6.53. The number of ether oxygens (including phenoxy) is 2. The number of aromatic nitrogens is 2. The monoisotopic (exact) mass is 395 g/mol. The predicted octanol–water partition coefficient (Wildman–Crippen LogP) is 1.70. The van der Waals surface area contributed by atoms with Crippen LogP contribution in [0.25, 0.3) is 10.9 Å². The molecule has 1 aromatic heterocycles. The molecule has 2 N–H and O–H groups in total. The van der Waals surface area contributed by atoms with Gasteiger partial charge in [-0.05, 0) is 36.2 Å². The quantitative estimate of drug-likeness (QED) is 0.581. The van der Waals surface area contributed by atoms with Gasteiger partial charge in [0.15, 0.2) is 6.61 Å².